The third-order valence-electron chi connectivity index (χ3n) is 10.2. The highest BCUT2D eigenvalue weighted by Gasteiger charge is 2.40. The van der Waals surface area contributed by atoms with E-state index in [0.29, 0.717) is 30.0 Å². The van der Waals surface area contributed by atoms with Crippen molar-refractivity contribution >= 4 is 50.5 Å². The molecule has 0 bridgehead atoms. The molecule has 1 saturated carbocycles. The van der Waals surface area contributed by atoms with Gasteiger partial charge in [-0.3, -0.25) is 14.5 Å². The molecule has 44 heavy (non-hydrogen) atoms. The minimum absolute atomic E-state index is 0.0317. The summed E-state index contributed by atoms with van der Waals surface area (Å²) in [6.45, 7) is 7.56. The quantitative estimate of drug-likeness (QED) is 0.269. The molecule has 1 aliphatic carbocycles. The molecular formula is C36H45ClFN3O2S. The number of halogens is 2. The van der Waals surface area contributed by atoms with Crippen molar-refractivity contribution in [1.29, 1.82) is 0 Å². The lowest BCUT2D eigenvalue weighted by Gasteiger charge is -2.38. The highest BCUT2D eigenvalue weighted by atomic mass is 35.5. The number of hydrogen-bond acceptors (Lipinski definition) is 4. The third-order valence-corrected chi connectivity index (χ3v) is 11.5. The van der Waals surface area contributed by atoms with Crippen LogP contribution in [0.1, 0.15) is 87.6 Å². The van der Waals surface area contributed by atoms with Crippen LogP contribution in [0, 0.1) is 23.6 Å². The smallest absolute Gasteiger partial charge is 0.257 e. The van der Waals surface area contributed by atoms with E-state index in [9.17, 15) is 9.59 Å². The normalized spacial score (nSPS) is 25.0. The zero-order valence-corrected chi connectivity index (χ0v) is 27.6. The number of fused-ring (bicyclic) bond motifs is 1. The Morgan fingerprint density at radius 1 is 1.00 bits per heavy atom. The second kappa shape index (κ2) is 13.9. The van der Waals surface area contributed by atoms with Gasteiger partial charge in [0, 0.05) is 47.2 Å². The molecule has 2 aromatic carbocycles. The predicted octanol–water partition coefficient (Wildman–Crippen LogP) is 8.80. The number of benzene rings is 2. The number of likely N-dealkylation sites (tertiary alicyclic amines) is 2. The largest absolute Gasteiger partial charge is 0.338 e. The Hall–Kier alpha value is -2.48. The van der Waals surface area contributed by atoms with Crippen LogP contribution in [0.25, 0.3) is 10.1 Å². The van der Waals surface area contributed by atoms with Crippen molar-refractivity contribution in [2.75, 3.05) is 25.0 Å². The fourth-order valence-corrected chi connectivity index (χ4v) is 9.25. The van der Waals surface area contributed by atoms with Crippen molar-refractivity contribution in [2.24, 2.45) is 17.8 Å². The highest BCUT2D eigenvalue weighted by Crippen LogP contribution is 2.35. The number of rotatable bonds is 8. The molecule has 3 aliphatic rings. The third kappa shape index (κ3) is 7.16. The molecule has 1 N–H and O–H groups in total. The van der Waals surface area contributed by atoms with Gasteiger partial charge in [0.05, 0.1) is 22.7 Å². The minimum atomic E-state index is -0.526. The summed E-state index contributed by atoms with van der Waals surface area (Å²) < 4.78 is 16.5. The Balaban J connectivity index is 1.15. The van der Waals surface area contributed by atoms with E-state index in [-0.39, 0.29) is 40.6 Å². The Morgan fingerprint density at radius 2 is 1.75 bits per heavy atom. The number of thiophene rings is 1. The molecule has 1 aromatic heterocycles. The first-order chi connectivity index (χ1) is 21.2. The number of amides is 2. The van der Waals surface area contributed by atoms with Crippen molar-refractivity contribution in [2.45, 2.75) is 90.1 Å². The molecule has 3 heterocycles. The van der Waals surface area contributed by atoms with E-state index in [4.69, 9.17) is 11.6 Å². The maximum absolute atomic E-state index is 15.5. The van der Waals surface area contributed by atoms with Gasteiger partial charge in [-0.05, 0) is 67.2 Å². The summed E-state index contributed by atoms with van der Waals surface area (Å²) in [4.78, 5) is 31.6. The summed E-state index contributed by atoms with van der Waals surface area (Å²) in [5.74, 6) is 1.20. The lowest BCUT2D eigenvalue weighted by atomic mass is 9.84. The molecule has 2 aliphatic heterocycles. The van der Waals surface area contributed by atoms with Gasteiger partial charge in [-0.2, -0.15) is 0 Å². The first kappa shape index (κ1) is 31.5. The second-order valence-electron chi connectivity index (χ2n) is 13.8. The summed E-state index contributed by atoms with van der Waals surface area (Å²) >= 11 is 8.06. The maximum atomic E-state index is 15.5. The monoisotopic (exact) mass is 637 g/mol. The topological polar surface area (TPSA) is 52.6 Å². The van der Waals surface area contributed by atoms with Crippen LogP contribution in [0.3, 0.4) is 0 Å². The van der Waals surface area contributed by atoms with Gasteiger partial charge in [0.15, 0.2) is 0 Å². The van der Waals surface area contributed by atoms with Crippen LogP contribution in [-0.2, 0) is 11.2 Å². The van der Waals surface area contributed by atoms with Crippen molar-refractivity contribution in [3.05, 3.63) is 63.7 Å². The van der Waals surface area contributed by atoms with E-state index in [1.807, 2.05) is 24.3 Å². The van der Waals surface area contributed by atoms with Crippen molar-refractivity contribution < 1.29 is 14.0 Å². The predicted molar refractivity (Wildman–Crippen MR) is 179 cm³/mol. The number of carbonyl (C=O) groups excluding carboxylic acids is 2. The van der Waals surface area contributed by atoms with Crippen LogP contribution in [0.2, 0.25) is 5.02 Å². The molecule has 3 aromatic rings. The molecule has 0 spiro atoms. The van der Waals surface area contributed by atoms with Gasteiger partial charge >= 0.3 is 0 Å². The van der Waals surface area contributed by atoms with E-state index < -0.39 is 5.82 Å². The first-order valence-corrected chi connectivity index (χ1v) is 17.8. The van der Waals surface area contributed by atoms with Gasteiger partial charge in [0.25, 0.3) is 5.91 Å². The van der Waals surface area contributed by atoms with Crippen LogP contribution in [0.5, 0.6) is 0 Å². The van der Waals surface area contributed by atoms with Crippen molar-refractivity contribution in [3.8, 4) is 0 Å². The zero-order chi connectivity index (χ0) is 30.8. The standard InChI is InChI=1S/C36H45ClFN3O2S/c1-23-14-24(2)20-40(19-23)28-17-27(13-12-25-8-4-3-5-9-25)41(21-28)35(42)16-26-15-31(37)33(18-32(26)38)39-36(43)30-22-44-34-11-7-6-10-29(30)34/h6-7,10-11,15,18,22-25,27-28H,3-5,8-9,12-14,16-17,19-21H2,1-2H3,(H,39,43). The van der Waals surface area contributed by atoms with Crippen molar-refractivity contribution in [3.63, 3.8) is 0 Å². The number of carbonyl (C=O) groups is 2. The van der Waals surface area contributed by atoms with Gasteiger partial charge in [-0.1, -0.05) is 75.8 Å². The van der Waals surface area contributed by atoms with Crippen LogP contribution in [0.15, 0.2) is 41.8 Å². The van der Waals surface area contributed by atoms with E-state index >= 15 is 4.39 Å². The molecule has 2 saturated heterocycles. The van der Waals surface area contributed by atoms with Crippen LogP contribution in [-0.4, -0.2) is 53.3 Å². The number of anilines is 1. The van der Waals surface area contributed by atoms with Gasteiger partial charge in [-0.25, -0.2) is 4.39 Å². The Bertz CT molecular complexity index is 1480. The molecule has 4 atom stereocenters. The number of piperidine rings is 1. The lowest BCUT2D eigenvalue weighted by Crippen LogP contribution is -2.46. The molecule has 2 amide bonds. The van der Waals surface area contributed by atoms with Gasteiger partial charge < -0.3 is 10.2 Å². The molecule has 236 valence electrons. The second-order valence-corrected chi connectivity index (χ2v) is 15.1. The molecular weight excluding hydrogens is 593 g/mol. The SMILES string of the molecule is CC1CC(C)CN(C2CC(CCC3CCCCC3)N(C(=O)Cc3cc(Cl)c(NC(=O)c4csc5ccccc45)cc3F)C2)C1. The van der Waals surface area contributed by atoms with E-state index in [2.05, 4.69) is 29.0 Å². The minimum Gasteiger partial charge on any atom is -0.338 e. The number of nitrogens with one attached hydrogen (secondary N) is 1. The summed E-state index contributed by atoms with van der Waals surface area (Å²) in [6.07, 6.45) is 11.0. The molecule has 8 heteroatoms. The Morgan fingerprint density at radius 3 is 2.52 bits per heavy atom. The van der Waals surface area contributed by atoms with Crippen molar-refractivity contribution in [1.82, 2.24) is 9.80 Å². The summed E-state index contributed by atoms with van der Waals surface area (Å²) in [5, 5.41) is 5.66. The first-order valence-electron chi connectivity index (χ1n) is 16.5. The molecule has 3 fully saturated rings. The van der Waals surface area contributed by atoms with E-state index in [1.165, 1.54) is 68.4 Å². The number of hydrogen-bond donors (Lipinski definition) is 1. The van der Waals surface area contributed by atoms with E-state index in [1.54, 1.807) is 5.38 Å². The molecule has 5 nitrogen and oxygen atoms in total. The summed E-state index contributed by atoms with van der Waals surface area (Å²) in [5.41, 5.74) is 1.01. The molecule has 0 radical (unpaired) electrons. The fourth-order valence-electron chi connectivity index (χ4n) is 8.08. The average Bonchev–Trinajstić information content (AvgIpc) is 3.64. The van der Waals surface area contributed by atoms with Crippen LogP contribution < -0.4 is 5.32 Å². The number of nitrogens with zero attached hydrogens (tertiary/aromatic N) is 2. The Labute approximate surface area is 270 Å². The highest BCUT2D eigenvalue weighted by molar-refractivity contribution is 7.17. The zero-order valence-electron chi connectivity index (χ0n) is 26.0. The fraction of sp³-hybridized carbons (Fsp3) is 0.556. The molecule has 4 unspecified atom stereocenters. The average molecular weight is 638 g/mol. The van der Waals surface area contributed by atoms with Gasteiger partial charge in [-0.15, -0.1) is 11.3 Å². The van der Waals surface area contributed by atoms with E-state index in [0.717, 1.165) is 41.9 Å². The summed E-state index contributed by atoms with van der Waals surface area (Å²) in [7, 11) is 0. The van der Waals surface area contributed by atoms with Gasteiger partial charge in [0.1, 0.15) is 5.82 Å². The van der Waals surface area contributed by atoms with Crippen LogP contribution in [0.4, 0.5) is 10.1 Å². The molecule has 6 rings (SSSR count). The summed E-state index contributed by atoms with van der Waals surface area (Å²) in [6, 6.07) is 11.0. The van der Waals surface area contributed by atoms with Crippen LogP contribution >= 0.6 is 22.9 Å². The van der Waals surface area contributed by atoms with Gasteiger partial charge in [0.2, 0.25) is 5.91 Å². The Kier molecular flexibility index (Phi) is 9.94. The lowest BCUT2D eigenvalue weighted by molar-refractivity contribution is -0.131. The maximum Gasteiger partial charge on any atom is 0.257 e.